The molecule has 2 aromatic rings. The van der Waals surface area contributed by atoms with E-state index in [0.29, 0.717) is 30.4 Å². The van der Waals surface area contributed by atoms with Crippen LogP contribution in [0.2, 0.25) is 0 Å². The summed E-state index contributed by atoms with van der Waals surface area (Å²) in [6.07, 6.45) is 15.7. The number of hydrogen-bond acceptors (Lipinski definition) is 4. The van der Waals surface area contributed by atoms with E-state index in [0.717, 1.165) is 50.7 Å². The molecule has 2 unspecified atom stereocenters. The summed E-state index contributed by atoms with van der Waals surface area (Å²) in [5.74, 6) is -0.0736. The molecule has 0 radical (unpaired) electrons. The Morgan fingerprint density at radius 1 is 1.08 bits per heavy atom. The Balaban J connectivity index is 1.36. The fourth-order valence-electron chi connectivity index (χ4n) is 6.81. The van der Waals surface area contributed by atoms with Crippen molar-refractivity contribution < 1.29 is 14.0 Å². The van der Waals surface area contributed by atoms with Gasteiger partial charge in [-0.1, -0.05) is 45.4 Å². The first-order chi connectivity index (χ1) is 17.5. The molecule has 1 saturated carbocycles. The fraction of sp³-hybridized carbons (Fsp3) is 0.724. The van der Waals surface area contributed by atoms with Crippen molar-refractivity contribution in [1.82, 2.24) is 19.7 Å². The average molecular weight is 497 g/mol. The fourth-order valence-corrected chi connectivity index (χ4v) is 6.81. The SMILES string of the molecule is CCC1CCCCN1CCCN1C(=O)c2cc3occc3n2CC1(C)C(=O)NC1CCCCCCC1. The zero-order valence-corrected chi connectivity index (χ0v) is 22.3. The number of piperidine rings is 1. The normalized spacial score (nSPS) is 26.6. The van der Waals surface area contributed by atoms with Gasteiger partial charge in [0.1, 0.15) is 11.2 Å². The van der Waals surface area contributed by atoms with Gasteiger partial charge in [0.15, 0.2) is 5.58 Å². The van der Waals surface area contributed by atoms with Gasteiger partial charge in [0.05, 0.1) is 18.3 Å². The van der Waals surface area contributed by atoms with Crippen LogP contribution in [0.3, 0.4) is 0 Å². The van der Waals surface area contributed by atoms with Crippen molar-refractivity contribution in [3.63, 3.8) is 0 Å². The van der Waals surface area contributed by atoms with Gasteiger partial charge >= 0.3 is 0 Å². The van der Waals surface area contributed by atoms with Crippen LogP contribution in [0.1, 0.15) is 101 Å². The number of hydrogen-bond donors (Lipinski definition) is 1. The summed E-state index contributed by atoms with van der Waals surface area (Å²) >= 11 is 0. The van der Waals surface area contributed by atoms with Gasteiger partial charge in [-0.3, -0.25) is 9.59 Å². The molecule has 7 heteroatoms. The molecule has 1 N–H and O–H groups in total. The van der Waals surface area contributed by atoms with Gasteiger partial charge in [0.25, 0.3) is 5.91 Å². The first-order valence-electron chi connectivity index (χ1n) is 14.4. The van der Waals surface area contributed by atoms with Gasteiger partial charge in [-0.15, -0.1) is 0 Å². The molecule has 2 aromatic heterocycles. The van der Waals surface area contributed by atoms with Crippen molar-refractivity contribution in [2.75, 3.05) is 19.6 Å². The van der Waals surface area contributed by atoms with Crippen LogP contribution in [0, 0.1) is 0 Å². The highest BCUT2D eigenvalue weighted by atomic mass is 16.3. The molecule has 1 aliphatic carbocycles. The summed E-state index contributed by atoms with van der Waals surface area (Å²) in [5, 5.41) is 3.39. The number of nitrogens with one attached hydrogen (secondary N) is 1. The van der Waals surface area contributed by atoms with E-state index in [9.17, 15) is 9.59 Å². The smallest absolute Gasteiger partial charge is 0.271 e. The topological polar surface area (TPSA) is 70.7 Å². The lowest BCUT2D eigenvalue weighted by Gasteiger charge is -2.45. The van der Waals surface area contributed by atoms with Crippen LogP contribution in [0.4, 0.5) is 0 Å². The van der Waals surface area contributed by atoms with E-state index in [2.05, 4.69) is 17.1 Å². The van der Waals surface area contributed by atoms with Crippen LogP contribution in [0.25, 0.3) is 11.1 Å². The van der Waals surface area contributed by atoms with E-state index >= 15 is 0 Å². The first kappa shape index (κ1) is 25.4. The first-order valence-corrected chi connectivity index (χ1v) is 14.4. The van der Waals surface area contributed by atoms with Gasteiger partial charge in [0.2, 0.25) is 5.91 Å². The lowest BCUT2D eigenvalue weighted by atomic mass is 9.92. The zero-order chi connectivity index (χ0) is 25.1. The summed E-state index contributed by atoms with van der Waals surface area (Å²) in [6, 6.07) is 4.59. The summed E-state index contributed by atoms with van der Waals surface area (Å²) in [5.41, 5.74) is 1.30. The third-order valence-electron chi connectivity index (χ3n) is 9.03. The highest BCUT2D eigenvalue weighted by Gasteiger charge is 2.48. The van der Waals surface area contributed by atoms with Crippen molar-refractivity contribution in [3.05, 3.63) is 24.1 Å². The molecule has 2 fully saturated rings. The zero-order valence-electron chi connectivity index (χ0n) is 22.3. The molecule has 0 spiro atoms. The average Bonchev–Trinajstić information content (AvgIpc) is 3.45. The predicted octanol–water partition coefficient (Wildman–Crippen LogP) is 5.33. The maximum absolute atomic E-state index is 14.0. The minimum atomic E-state index is -0.929. The van der Waals surface area contributed by atoms with E-state index < -0.39 is 5.54 Å². The Morgan fingerprint density at radius 3 is 2.61 bits per heavy atom. The molecular weight excluding hydrogens is 452 g/mol. The van der Waals surface area contributed by atoms with Gasteiger partial charge in [-0.2, -0.15) is 0 Å². The van der Waals surface area contributed by atoms with Crippen LogP contribution >= 0.6 is 0 Å². The second-order valence-corrected chi connectivity index (χ2v) is 11.5. The number of rotatable bonds is 7. The van der Waals surface area contributed by atoms with Gasteiger partial charge in [-0.05, 0) is 52.0 Å². The van der Waals surface area contributed by atoms with E-state index in [-0.39, 0.29) is 17.9 Å². The molecule has 0 aromatic carbocycles. The molecule has 0 bridgehead atoms. The van der Waals surface area contributed by atoms with Crippen LogP contribution in [-0.4, -0.2) is 63.4 Å². The van der Waals surface area contributed by atoms with Crippen molar-refractivity contribution in [2.45, 2.75) is 115 Å². The molecule has 198 valence electrons. The third kappa shape index (κ3) is 4.96. The summed E-state index contributed by atoms with van der Waals surface area (Å²) in [4.78, 5) is 32.3. The highest BCUT2D eigenvalue weighted by Crippen LogP contribution is 2.33. The van der Waals surface area contributed by atoms with Crippen LogP contribution in [0.15, 0.2) is 22.8 Å². The Morgan fingerprint density at radius 2 is 1.83 bits per heavy atom. The van der Waals surface area contributed by atoms with Crippen LogP contribution < -0.4 is 5.32 Å². The van der Waals surface area contributed by atoms with E-state index in [1.807, 2.05) is 28.5 Å². The monoisotopic (exact) mass is 496 g/mol. The van der Waals surface area contributed by atoms with Crippen molar-refractivity contribution >= 4 is 22.9 Å². The Hall–Kier alpha value is -2.28. The number of likely N-dealkylation sites (tertiary alicyclic amines) is 1. The molecule has 3 aliphatic rings. The Kier molecular flexibility index (Phi) is 7.75. The second-order valence-electron chi connectivity index (χ2n) is 11.5. The number of amides is 2. The molecule has 2 aliphatic heterocycles. The molecule has 1 saturated heterocycles. The number of carbonyl (C=O) groups excluding carboxylic acids is 2. The van der Waals surface area contributed by atoms with E-state index in [1.165, 1.54) is 44.9 Å². The maximum atomic E-state index is 14.0. The minimum absolute atomic E-state index is 0.0122. The number of fused-ring (bicyclic) bond motifs is 3. The van der Waals surface area contributed by atoms with Crippen molar-refractivity contribution in [1.29, 1.82) is 0 Å². The number of carbonyl (C=O) groups is 2. The number of aromatic nitrogens is 1. The van der Waals surface area contributed by atoms with Crippen LogP contribution in [0.5, 0.6) is 0 Å². The molecule has 36 heavy (non-hydrogen) atoms. The van der Waals surface area contributed by atoms with Crippen LogP contribution in [-0.2, 0) is 11.3 Å². The Labute approximate surface area is 215 Å². The van der Waals surface area contributed by atoms with Gasteiger partial charge in [0, 0.05) is 37.3 Å². The predicted molar refractivity (Wildman–Crippen MR) is 142 cm³/mol. The Bertz CT molecular complexity index is 1050. The van der Waals surface area contributed by atoms with Crippen molar-refractivity contribution in [2.24, 2.45) is 0 Å². The highest BCUT2D eigenvalue weighted by molar-refractivity contribution is 6.02. The second kappa shape index (κ2) is 11.0. The third-order valence-corrected chi connectivity index (χ3v) is 9.03. The molecule has 4 heterocycles. The molecule has 5 rings (SSSR count). The van der Waals surface area contributed by atoms with E-state index in [4.69, 9.17) is 4.42 Å². The summed E-state index contributed by atoms with van der Waals surface area (Å²) < 4.78 is 7.61. The number of nitrogens with zero attached hydrogens (tertiary/aromatic N) is 3. The van der Waals surface area contributed by atoms with Gasteiger partial charge in [-0.25, -0.2) is 0 Å². The van der Waals surface area contributed by atoms with Crippen molar-refractivity contribution in [3.8, 4) is 0 Å². The largest absolute Gasteiger partial charge is 0.463 e. The molecule has 7 nitrogen and oxygen atoms in total. The minimum Gasteiger partial charge on any atom is -0.463 e. The standard InChI is InChI=1S/C29H44N4O3/c1-3-23-14-9-10-16-31(23)17-11-18-33-27(34)25-20-26-24(15-19-36-26)32(25)21-29(33,2)28(35)30-22-12-7-5-4-6-8-13-22/h15,19-20,22-23H,3-14,16-18,21H2,1-2H3,(H,30,35). The molecular formula is C29H44N4O3. The summed E-state index contributed by atoms with van der Waals surface area (Å²) in [7, 11) is 0. The quantitative estimate of drug-likeness (QED) is 0.562. The summed E-state index contributed by atoms with van der Waals surface area (Å²) in [6.45, 7) is 7.41. The lowest BCUT2D eigenvalue weighted by Crippen LogP contribution is -2.65. The molecule has 2 amide bonds. The maximum Gasteiger partial charge on any atom is 0.271 e. The lowest BCUT2D eigenvalue weighted by molar-refractivity contribution is -0.133. The van der Waals surface area contributed by atoms with Gasteiger partial charge < -0.3 is 24.1 Å². The number of furan rings is 1. The molecule has 2 atom stereocenters. The van der Waals surface area contributed by atoms with E-state index in [1.54, 1.807) is 6.26 Å².